The SMILES string of the molecule is Cc1nc(Nc2ccc(Nc3nc(C)nc(Nc4cc(S(=O)(=O)O)cc5cc(SOOO)c(N=Nc6cc(COO)ccc6C(=O)O)c(O)c45)n3)c(C(=O)O)c2)nc(Nc2cc(S(=O)(=O)O)cc3cc(SOOO)c(N=Nc4cc(COO)ccc4C(=O)O)c(O)c23)n1. The van der Waals surface area contributed by atoms with Crippen LogP contribution in [0.4, 0.5) is 69.3 Å². The molecule has 0 aliphatic rings. The number of carbonyl (C=O) groups is 3. The molecule has 0 fully saturated rings. The van der Waals surface area contributed by atoms with E-state index in [-0.39, 0.29) is 154 Å². The first-order valence-electron chi connectivity index (χ1n) is 25.2. The zero-order valence-corrected chi connectivity index (χ0v) is 49.7. The van der Waals surface area contributed by atoms with Crippen molar-refractivity contribution >= 4 is 153 Å². The second-order valence-electron chi connectivity index (χ2n) is 18.6. The molecule has 2 heterocycles. The van der Waals surface area contributed by atoms with Crippen molar-refractivity contribution in [1.29, 1.82) is 0 Å². The number of hydrogen-bond acceptors (Lipinski definition) is 35. The normalized spacial score (nSPS) is 11.9. The minimum atomic E-state index is -5.04. The van der Waals surface area contributed by atoms with Gasteiger partial charge in [0, 0.05) is 16.5 Å². The summed E-state index contributed by atoms with van der Waals surface area (Å²) in [4.78, 5) is 69.0. The average Bonchev–Trinajstić information content (AvgIpc) is 0.772. The van der Waals surface area contributed by atoms with E-state index in [0.29, 0.717) is 0 Å². The number of fused-ring (bicyclic) bond motifs is 2. The lowest BCUT2D eigenvalue weighted by Crippen LogP contribution is -2.10. The number of benzene rings is 7. The van der Waals surface area contributed by atoms with E-state index in [2.05, 4.69) is 100 Å². The first-order chi connectivity index (χ1) is 44.2. The molecule has 93 heavy (non-hydrogen) atoms. The van der Waals surface area contributed by atoms with Crippen molar-refractivity contribution < 1.29 is 115 Å². The third kappa shape index (κ3) is 15.9. The van der Waals surface area contributed by atoms with Gasteiger partial charge in [0.05, 0.1) is 77.4 Å². The van der Waals surface area contributed by atoms with Crippen LogP contribution in [0.5, 0.6) is 11.5 Å². The summed E-state index contributed by atoms with van der Waals surface area (Å²) in [7, 11) is -10.1. The number of carboxylic acid groups (broad SMARTS) is 3. The third-order valence-corrected chi connectivity index (χ3v) is 15.4. The Morgan fingerprint density at radius 1 is 0.484 bits per heavy atom. The van der Waals surface area contributed by atoms with Crippen molar-refractivity contribution in [2.45, 2.75) is 46.6 Å². The Kier molecular flexibility index (Phi) is 20.5. The van der Waals surface area contributed by atoms with Gasteiger partial charge in [-0.2, -0.15) is 46.7 Å². The van der Waals surface area contributed by atoms with Gasteiger partial charge >= 0.3 is 17.9 Å². The molecule has 15 N–H and O–H groups in total. The zero-order valence-electron chi connectivity index (χ0n) is 46.4. The highest BCUT2D eigenvalue weighted by Crippen LogP contribution is 2.50. The summed E-state index contributed by atoms with van der Waals surface area (Å²) in [6.45, 7) is 2.03. The number of aromatic nitrogens is 6. The van der Waals surface area contributed by atoms with E-state index in [9.17, 15) is 65.9 Å². The van der Waals surface area contributed by atoms with Gasteiger partial charge in [0.25, 0.3) is 20.2 Å². The quantitative estimate of drug-likeness (QED) is 0.00747. The molecule has 0 saturated carbocycles. The number of nitrogens with zero attached hydrogens (tertiary/aromatic N) is 10. The van der Waals surface area contributed by atoms with Gasteiger partial charge in [-0.1, -0.05) is 22.2 Å². The van der Waals surface area contributed by atoms with Crippen LogP contribution in [0, 0.1) is 13.8 Å². The lowest BCUT2D eigenvalue weighted by molar-refractivity contribution is -0.432. The van der Waals surface area contributed by atoms with Crippen molar-refractivity contribution in [2.24, 2.45) is 20.5 Å². The molecule has 2 aromatic heterocycles. The molecule has 0 atom stereocenters. The van der Waals surface area contributed by atoms with Gasteiger partial charge in [0.2, 0.25) is 23.8 Å². The summed E-state index contributed by atoms with van der Waals surface area (Å²) in [5, 5.41) is 124. The Morgan fingerprint density at radius 3 is 1.26 bits per heavy atom. The largest absolute Gasteiger partial charge is 0.505 e. The molecule has 482 valence electrons. The molecule has 38 nitrogen and oxygen atoms in total. The monoisotopic (exact) mass is 1360 g/mol. The fraction of sp³-hybridized carbons (Fsp3) is 0.0784. The smallest absolute Gasteiger partial charge is 0.337 e. The molecule has 0 aliphatic heterocycles. The van der Waals surface area contributed by atoms with Crippen molar-refractivity contribution in [2.75, 3.05) is 21.3 Å². The van der Waals surface area contributed by atoms with E-state index < -0.39 is 83.0 Å². The van der Waals surface area contributed by atoms with Crippen LogP contribution in [0.25, 0.3) is 21.5 Å². The van der Waals surface area contributed by atoms with Crippen LogP contribution < -0.4 is 21.3 Å². The van der Waals surface area contributed by atoms with Crippen LogP contribution in [0.3, 0.4) is 0 Å². The number of phenolic OH excluding ortho intramolecular Hbond substituents is 2. The molecule has 9 rings (SSSR count). The number of carboxylic acids is 3. The van der Waals surface area contributed by atoms with Crippen LogP contribution in [0.2, 0.25) is 0 Å². The third-order valence-electron chi connectivity index (χ3n) is 12.5. The van der Waals surface area contributed by atoms with E-state index in [0.717, 1.165) is 54.6 Å². The van der Waals surface area contributed by atoms with Gasteiger partial charge in [-0.05, 0) is 115 Å². The Labute approximate surface area is 526 Å². The molecule has 42 heteroatoms. The first kappa shape index (κ1) is 67.0. The van der Waals surface area contributed by atoms with Gasteiger partial charge in [0.1, 0.15) is 47.6 Å². The van der Waals surface area contributed by atoms with Crippen molar-refractivity contribution in [3.05, 3.63) is 130 Å². The van der Waals surface area contributed by atoms with Crippen LogP contribution >= 0.6 is 24.1 Å². The molecule has 9 aromatic rings. The standard InChI is InChI=1S/C51H40N14O24S4/c1-20-52-48(60-50(54-20)58-35-16-27(92(78,79)80)11-24-13-37(90-88-86-76)41(43(66)39(24)35)64-62-33-9-22(18-84-74)3-6-29(33)45(68)69)56-26-5-8-32(31(15-26)47(72)73)57-49-53-21(2)55-51(61-49)59-36-17-28(93(81,82)83)12-25-14-38(91-89-87-77)42(44(67)40(25)36)65-63-34-10-23(19-85-75)4-7-30(34)46(70)71/h3-17,66-67,74-77H,18-19H2,1-2H3,(H,68,69)(H,70,71)(H,72,73)(H,78,79,80)(H,81,82,83)(H2,52,54,56,58,60)(H2,53,55,57,59,61). The van der Waals surface area contributed by atoms with E-state index in [1.807, 2.05) is 0 Å². The topological polar surface area (TPSA) is 572 Å². The number of nitrogens with one attached hydrogen (secondary N) is 4. The number of phenols is 2. The van der Waals surface area contributed by atoms with Gasteiger partial charge in [-0.15, -0.1) is 29.1 Å². The molecule has 7 aromatic carbocycles. The molecule has 0 unspecified atom stereocenters. The Hall–Kier alpha value is -10.4. The number of azo groups is 2. The molecule has 0 saturated heterocycles. The highest BCUT2D eigenvalue weighted by atomic mass is 32.2. The van der Waals surface area contributed by atoms with E-state index in [1.165, 1.54) is 50.2 Å². The average molecular weight is 1360 g/mol. The predicted molar refractivity (Wildman–Crippen MR) is 318 cm³/mol. The summed E-state index contributed by atoms with van der Waals surface area (Å²) in [5.74, 6) is -7.36. The number of rotatable bonds is 27. The van der Waals surface area contributed by atoms with Gasteiger partial charge in [-0.25, -0.2) is 34.7 Å². The summed E-state index contributed by atoms with van der Waals surface area (Å²) in [6.07, 6.45) is 0. The molecular weight excluding hydrogens is 1320 g/mol. The van der Waals surface area contributed by atoms with Gasteiger partial charge in [0.15, 0.2) is 11.5 Å². The fourth-order valence-electron chi connectivity index (χ4n) is 8.64. The summed E-state index contributed by atoms with van der Waals surface area (Å²) in [5.41, 5.74) is -3.04. The Bertz CT molecular complexity index is 4790. The van der Waals surface area contributed by atoms with Crippen molar-refractivity contribution in [1.82, 2.24) is 29.9 Å². The lowest BCUT2D eigenvalue weighted by Gasteiger charge is -2.16. The van der Waals surface area contributed by atoms with Gasteiger partial charge < -0.3 is 46.8 Å². The minimum absolute atomic E-state index is 0.00658. The van der Waals surface area contributed by atoms with Crippen LogP contribution in [0.1, 0.15) is 53.8 Å². The van der Waals surface area contributed by atoms with Gasteiger partial charge in [-0.3, -0.25) is 19.6 Å². The minimum Gasteiger partial charge on any atom is -0.505 e. The summed E-state index contributed by atoms with van der Waals surface area (Å²) in [6, 6.07) is 17.0. The number of anilines is 8. The van der Waals surface area contributed by atoms with E-state index >= 15 is 0 Å². The second kappa shape index (κ2) is 28.4. The lowest BCUT2D eigenvalue weighted by atomic mass is 10.1. The number of hydrogen-bond donors (Lipinski definition) is 15. The molecule has 0 bridgehead atoms. The highest BCUT2D eigenvalue weighted by molar-refractivity contribution is 7.95. The van der Waals surface area contributed by atoms with E-state index in [1.54, 1.807) is 0 Å². The maximum absolute atomic E-state index is 12.9. The Balaban J connectivity index is 1.04. The summed E-state index contributed by atoms with van der Waals surface area (Å²) < 4.78 is 80.1. The first-order valence-corrected chi connectivity index (χ1v) is 29.5. The fourth-order valence-corrected chi connectivity index (χ4v) is 10.7. The summed E-state index contributed by atoms with van der Waals surface area (Å²) >= 11 is 0.456. The maximum Gasteiger partial charge on any atom is 0.337 e. The second-order valence-corrected chi connectivity index (χ2v) is 22.9. The number of aryl methyl sites for hydroxylation is 2. The number of aromatic hydroxyl groups is 2. The van der Waals surface area contributed by atoms with E-state index in [4.69, 9.17) is 21.0 Å². The zero-order chi connectivity index (χ0) is 67.1. The molecule has 0 amide bonds. The van der Waals surface area contributed by atoms with Crippen molar-refractivity contribution in [3.8, 4) is 11.5 Å². The Morgan fingerprint density at radius 2 is 0.882 bits per heavy atom. The molecule has 0 radical (unpaired) electrons. The molecular formula is C51H40N14O24S4. The molecule has 0 aliphatic carbocycles. The van der Waals surface area contributed by atoms with Crippen LogP contribution in [-0.4, -0.2) is 120 Å². The number of aromatic carboxylic acids is 3. The maximum atomic E-state index is 12.9. The van der Waals surface area contributed by atoms with Crippen LogP contribution in [-0.2, 0) is 62.0 Å². The molecule has 0 spiro atoms. The van der Waals surface area contributed by atoms with Crippen LogP contribution in [0.15, 0.2) is 131 Å². The highest BCUT2D eigenvalue weighted by Gasteiger charge is 2.26. The van der Waals surface area contributed by atoms with Crippen molar-refractivity contribution in [3.63, 3.8) is 0 Å². The predicted octanol–water partition coefficient (Wildman–Crippen LogP) is 10.6.